The van der Waals surface area contributed by atoms with Crippen LogP contribution in [0, 0.1) is 6.92 Å². The molecule has 0 aliphatic rings. The van der Waals surface area contributed by atoms with Gasteiger partial charge in [0.05, 0.1) is 5.52 Å². The number of para-hydroxylation sites is 1. The second kappa shape index (κ2) is 6.57. The first kappa shape index (κ1) is 15.3. The molecule has 1 N–H and O–H groups in total. The number of hydrogen-bond acceptors (Lipinski definition) is 2. The van der Waals surface area contributed by atoms with Crippen LogP contribution in [0.2, 0.25) is 0 Å². The largest absolute Gasteiger partial charge is 0.354 e. The van der Waals surface area contributed by atoms with Crippen LogP contribution < -0.4 is 10.9 Å². The van der Waals surface area contributed by atoms with Crippen molar-refractivity contribution in [3.63, 3.8) is 0 Å². The van der Waals surface area contributed by atoms with Gasteiger partial charge in [-0.05, 0) is 37.8 Å². The standard InChI is InChI=1S/C17H22N2O2/c1-4-13(3)18-16(20)9-10-19-15-8-6-5-7-14(15)11-12(2)17(19)21/h5-8,11,13H,4,9-10H2,1-3H3,(H,18,20). The molecule has 21 heavy (non-hydrogen) atoms. The number of carbonyl (C=O) groups excluding carboxylic acids is 1. The fourth-order valence-electron chi connectivity index (χ4n) is 2.36. The highest BCUT2D eigenvalue weighted by Gasteiger charge is 2.09. The van der Waals surface area contributed by atoms with Crippen molar-refractivity contribution < 1.29 is 4.79 Å². The number of carbonyl (C=O) groups is 1. The third kappa shape index (κ3) is 3.51. The Hall–Kier alpha value is -2.10. The molecule has 1 aromatic heterocycles. The lowest BCUT2D eigenvalue weighted by atomic mass is 10.1. The summed E-state index contributed by atoms with van der Waals surface area (Å²) in [5.41, 5.74) is 1.56. The molecule has 0 spiro atoms. The van der Waals surface area contributed by atoms with E-state index in [9.17, 15) is 9.59 Å². The molecule has 1 unspecified atom stereocenters. The van der Waals surface area contributed by atoms with E-state index in [1.54, 1.807) is 4.57 Å². The van der Waals surface area contributed by atoms with Crippen molar-refractivity contribution in [1.29, 1.82) is 0 Å². The van der Waals surface area contributed by atoms with Crippen molar-refractivity contribution >= 4 is 16.8 Å². The molecule has 0 radical (unpaired) electrons. The number of pyridine rings is 1. The number of fused-ring (bicyclic) bond motifs is 1. The van der Waals surface area contributed by atoms with Crippen molar-refractivity contribution in [2.24, 2.45) is 0 Å². The normalized spacial score (nSPS) is 12.3. The fourth-order valence-corrected chi connectivity index (χ4v) is 2.36. The maximum Gasteiger partial charge on any atom is 0.253 e. The van der Waals surface area contributed by atoms with Crippen molar-refractivity contribution in [3.8, 4) is 0 Å². The Morgan fingerprint density at radius 1 is 1.33 bits per heavy atom. The van der Waals surface area contributed by atoms with Crippen LogP contribution in [0.4, 0.5) is 0 Å². The Morgan fingerprint density at radius 2 is 2.05 bits per heavy atom. The molecule has 0 saturated carbocycles. The summed E-state index contributed by atoms with van der Waals surface area (Å²) in [6, 6.07) is 9.83. The predicted octanol–water partition coefficient (Wildman–Crippen LogP) is 2.61. The van der Waals surface area contributed by atoms with Gasteiger partial charge in [0.2, 0.25) is 5.91 Å². The lowest BCUT2D eigenvalue weighted by molar-refractivity contribution is -0.121. The molecule has 2 rings (SSSR count). The monoisotopic (exact) mass is 286 g/mol. The first-order valence-corrected chi connectivity index (χ1v) is 7.41. The third-order valence-electron chi connectivity index (χ3n) is 3.76. The zero-order valence-electron chi connectivity index (χ0n) is 12.8. The van der Waals surface area contributed by atoms with Crippen molar-refractivity contribution in [2.45, 2.75) is 46.2 Å². The van der Waals surface area contributed by atoms with E-state index in [1.165, 1.54) is 0 Å². The molecule has 1 amide bonds. The molecule has 4 nitrogen and oxygen atoms in total. The summed E-state index contributed by atoms with van der Waals surface area (Å²) in [5, 5.41) is 3.95. The predicted molar refractivity (Wildman–Crippen MR) is 85.5 cm³/mol. The molecular weight excluding hydrogens is 264 g/mol. The molecule has 1 aromatic carbocycles. The van der Waals surface area contributed by atoms with E-state index in [1.807, 2.05) is 51.1 Å². The molecule has 0 aliphatic heterocycles. The van der Waals surface area contributed by atoms with Crippen LogP contribution in [0.1, 0.15) is 32.3 Å². The molecule has 0 fully saturated rings. The molecule has 2 aromatic rings. The second-order valence-electron chi connectivity index (χ2n) is 5.47. The Kier molecular flexibility index (Phi) is 4.78. The summed E-state index contributed by atoms with van der Waals surface area (Å²) in [4.78, 5) is 24.2. The number of aromatic nitrogens is 1. The average molecular weight is 286 g/mol. The highest BCUT2D eigenvalue weighted by molar-refractivity contribution is 5.80. The van der Waals surface area contributed by atoms with Crippen LogP contribution in [-0.2, 0) is 11.3 Å². The number of nitrogens with zero attached hydrogens (tertiary/aromatic N) is 1. The Labute approximate surface area is 124 Å². The maximum atomic E-state index is 12.3. The van der Waals surface area contributed by atoms with Crippen molar-refractivity contribution in [3.05, 3.63) is 46.2 Å². The van der Waals surface area contributed by atoms with Crippen molar-refractivity contribution in [2.75, 3.05) is 0 Å². The second-order valence-corrected chi connectivity index (χ2v) is 5.47. The average Bonchev–Trinajstić information content (AvgIpc) is 2.47. The summed E-state index contributed by atoms with van der Waals surface area (Å²) >= 11 is 0. The molecule has 0 bridgehead atoms. The van der Waals surface area contributed by atoms with Crippen LogP contribution in [0.15, 0.2) is 35.1 Å². The summed E-state index contributed by atoms with van der Waals surface area (Å²) in [5.74, 6) is -0.0122. The van der Waals surface area contributed by atoms with E-state index in [0.29, 0.717) is 18.5 Å². The highest BCUT2D eigenvalue weighted by Crippen LogP contribution is 2.13. The third-order valence-corrected chi connectivity index (χ3v) is 3.76. The van der Waals surface area contributed by atoms with Gasteiger partial charge in [-0.2, -0.15) is 0 Å². The first-order chi connectivity index (χ1) is 10.0. The van der Waals surface area contributed by atoms with Crippen LogP contribution in [0.3, 0.4) is 0 Å². The lowest BCUT2D eigenvalue weighted by Gasteiger charge is -2.14. The summed E-state index contributed by atoms with van der Waals surface area (Å²) in [6.45, 7) is 6.23. The molecule has 1 heterocycles. The number of benzene rings is 1. The number of hydrogen-bond donors (Lipinski definition) is 1. The summed E-state index contributed by atoms with van der Waals surface area (Å²) < 4.78 is 1.70. The number of nitrogens with one attached hydrogen (secondary N) is 1. The molecule has 0 saturated heterocycles. The van der Waals surface area contributed by atoms with Gasteiger partial charge in [-0.15, -0.1) is 0 Å². The van der Waals surface area contributed by atoms with Gasteiger partial charge in [-0.3, -0.25) is 9.59 Å². The minimum atomic E-state index is -0.0231. The van der Waals surface area contributed by atoms with Gasteiger partial charge < -0.3 is 9.88 Å². The van der Waals surface area contributed by atoms with Gasteiger partial charge in [-0.25, -0.2) is 0 Å². The fraction of sp³-hybridized carbons (Fsp3) is 0.412. The Bertz CT molecular complexity index is 703. The lowest BCUT2D eigenvalue weighted by Crippen LogP contribution is -2.33. The van der Waals surface area contributed by atoms with Crippen LogP contribution in [0.5, 0.6) is 0 Å². The van der Waals surface area contributed by atoms with E-state index < -0.39 is 0 Å². The smallest absolute Gasteiger partial charge is 0.253 e. The zero-order valence-corrected chi connectivity index (χ0v) is 12.8. The summed E-state index contributed by atoms with van der Waals surface area (Å²) in [7, 11) is 0. The number of rotatable bonds is 5. The molecule has 1 atom stereocenters. The zero-order chi connectivity index (χ0) is 15.4. The highest BCUT2D eigenvalue weighted by atomic mass is 16.2. The maximum absolute atomic E-state index is 12.3. The van der Waals surface area contributed by atoms with E-state index in [4.69, 9.17) is 0 Å². The van der Waals surface area contributed by atoms with E-state index >= 15 is 0 Å². The Morgan fingerprint density at radius 3 is 2.76 bits per heavy atom. The van der Waals surface area contributed by atoms with Crippen LogP contribution >= 0.6 is 0 Å². The minimum Gasteiger partial charge on any atom is -0.354 e. The van der Waals surface area contributed by atoms with E-state index in [0.717, 1.165) is 17.3 Å². The number of aryl methyl sites for hydroxylation is 2. The van der Waals surface area contributed by atoms with Gasteiger partial charge in [0, 0.05) is 24.6 Å². The Balaban J connectivity index is 2.24. The van der Waals surface area contributed by atoms with Gasteiger partial charge in [0.15, 0.2) is 0 Å². The van der Waals surface area contributed by atoms with Crippen LogP contribution in [-0.4, -0.2) is 16.5 Å². The molecule has 112 valence electrons. The van der Waals surface area contributed by atoms with E-state index in [2.05, 4.69) is 5.32 Å². The van der Waals surface area contributed by atoms with Gasteiger partial charge in [0.1, 0.15) is 0 Å². The first-order valence-electron chi connectivity index (χ1n) is 7.41. The quantitative estimate of drug-likeness (QED) is 0.918. The number of amides is 1. The molecular formula is C17H22N2O2. The van der Waals surface area contributed by atoms with E-state index in [-0.39, 0.29) is 17.5 Å². The topological polar surface area (TPSA) is 51.1 Å². The minimum absolute atomic E-state index is 0.0122. The van der Waals surface area contributed by atoms with Gasteiger partial charge in [0.25, 0.3) is 5.56 Å². The van der Waals surface area contributed by atoms with Crippen molar-refractivity contribution in [1.82, 2.24) is 9.88 Å². The van der Waals surface area contributed by atoms with Gasteiger partial charge >= 0.3 is 0 Å². The molecule has 0 aliphatic carbocycles. The molecule has 4 heteroatoms. The van der Waals surface area contributed by atoms with Gasteiger partial charge in [-0.1, -0.05) is 25.1 Å². The SMILES string of the molecule is CCC(C)NC(=O)CCn1c(=O)c(C)cc2ccccc21. The summed E-state index contributed by atoms with van der Waals surface area (Å²) in [6.07, 6.45) is 1.22. The van der Waals surface area contributed by atoms with Crippen LogP contribution in [0.25, 0.3) is 10.9 Å².